The highest BCUT2D eigenvalue weighted by Crippen LogP contribution is 2.27. The van der Waals surface area contributed by atoms with Crippen molar-refractivity contribution in [3.8, 4) is 0 Å². The zero-order valence-corrected chi connectivity index (χ0v) is 13.2. The first kappa shape index (κ1) is 16.1. The molecule has 0 radical (unpaired) electrons. The summed E-state index contributed by atoms with van der Waals surface area (Å²) < 4.78 is 13.7. The predicted octanol–water partition coefficient (Wildman–Crippen LogP) is 5.28. The number of amides is 1. The number of hydrogen-bond acceptors (Lipinski definition) is 1. The highest BCUT2D eigenvalue weighted by Gasteiger charge is 2.19. The van der Waals surface area contributed by atoms with Gasteiger partial charge in [0, 0.05) is 10.0 Å². The standard InChI is InChI=1S/C15H11Cl3FNO/c1-8(10-6-5-9(16)7-12(10)18)20-15(21)14-11(17)3-2-4-13(14)19/h2-8H,1H3,(H,20,21)/t8-/m0/s1. The van der Waals surface area contributed by atoms with Crippen LogP contribution in [0.5, 0.6) is 0 Å². The second-order valence-electron chi connectivity index (χ2n) is 4.46. The van der Waals surface area contributed by atoms with E-state index in [9.17, 15) is 9.18 Å². The number of rotatable bonds is 3. The lowest BCUT2D eigenvalue weighted by molar-refractivity contribution is 0.0936. The number of benzene rings is 2. The lowest BCUT2D eigenvalue weighted by atomic mass is 10.1. The monoisotopic (exact) mass is 345 g/mol. The molecule has 2 aromatic rings. The Balaban J connectivity index is 2.23. The highest BCUT2D eigenvalue weighted by molar-refractivity contribution is 6.35. The Labute approximate surface area is 136 Å². The molecule has 1 N–H and O–H groups in total. The number of carbonyl (C=O) groups is 1. The Morgan fingerprint density at radius 1 is 1.14 bits per heavy atom. The molecule has 2 nitrogen and oxygen atoms in total. The molecule has 0 aliphatic rings. The van der Waals surface area contributed by atoms with Gasteiger partial charge in [-0.3, -0.25) is 4.79 Å². The van der Waals surface area contributed by atoms with Gasteiger partial charge >= 0.3 is 0 Å². The van der Waals surface area contributed by atoms with E-state index in [-0.39, 0.29) is 10.6 Å². The van der Waals surface area contributed by atoms with E-state index in [2.05, 4.69) is 5.32 Å². The SMILES string of the molecule is C[C@H](NC(=O)c1c(F)cccc1Cl)c1ccc(Cl)cc1Cl. The van der Waals surface area contributed by atoms with E-state index in [4.69, 9.17) is 34.8 Å². The third-order valence-corrected chi connectivity index (χ3v) is 3.84. The molecule has 0 fully saturated rings. The molecule has 2 rings (SSSR count). The Hall–Kier alpha value is -1.29. The van der Waals surface area contributed by atoms with Crippen LogP contribution in [-0.4, -0.2) is 5.91 Å². The smallest absolute Gasteiger partial charge is 0.256 e. The lowest BCUT2D eigenvalue weighted by Crippen LogP contribution is -2.28. The minimum atomic E-state index is -0.672. The molecule has 110 valence electrons. The minimum absolute atomic E-state index is 0.0573. The van der Waals surface area contributed by atoms with Crippen molar-refractivity contribution in [2.24, 2.45) is 0 Å². The summed E-state index contributed by atoms with van der Waals surface area (Å²) in [7, 11) is 0. The molecule has 0 saturated carbocycles. The molecule has 1 amide bonds. The van der Waals surface area contributed by atoms with Gasteiger partial charge in [-0.2, -0.15) is 0 Å². The zero-order chi connectivity index (χ0) is 15.6. The van der Waals surface area contributed by atoms with Crippen LogP contribution in [0.3, 0.4) is 0 Å². The summed E-state index contributed by atoms with van der Waals surface area (Å²) in [5.41, 5.74) is 0.498. The van der Waals surface area contributed by atoms with E-state index in [1.165, 1.54) is 18.2 Å². The zero-order valence-electron chi connectivity index (χ0n) is 11.0. The van der Waals surface area contributed by atoms with Gasteiger partial charge in [-0.1, -0.05) is 46.9 Å². The van der Waals surface area contributed by atoms with Crippen molar-refractivity contribution in [2.75, 3.05) is 0 Å². The maximum absolute atomic E-state index is 13.7. The van der Waals surface area contributed by atoms with E-state index < -0.39 is 17.8 Å². The van der Waals surface area contributed by atoms with Crippen molar-refractivity contribution >= 4 is 40.7 Å². The Morgan fingerprint density at radius 2 is 1.86 bits per heavy atom. The Bertz CT molecular complexity index is 670. The maximum Gasteiger partial charge on any atom is 0.256 e. The predicted molar refractivity (Wildman–Crippen MR) is 83.8 cm³/mol. The van der Waals surface area contributed by atoms with Crippen molar-refractivity contribution < 1.29 is 9.18 Å². The van der Waals surface area contributed by atoms with Gasteiger partial charge in [-0.15, -0.1) is 0 Å². The van der Waals surface area contributed by atoms with Crippen molar-refractivity contribution in [2.45, 2.75) is 13.0 Å². The van der Waals surface area contributed by atoms with Crippen LogP contribution in [0.4, 0.5) is 4.39 Å². The van der Waals surface area contributed by atoms with E-state index in [1.807, 2.05) is 0 Å². The summed E-state index contributed by atoms with van der Waals surface area (Å²) in [6.45, 7) is 1.74. The quantitative estimate of drug-likeness (QED) is 0.805. The third-order valence-electron chi connectivity index (χ3n) is 2.97. The van der Waals surface area contributed by atoms with Crippen LogP contribution in [-0.2, 0) is 0 Å². The van der Waals surface area contributed by atoms with Crippen LogP contribution in [0.25, 0.3) is 0 Å². The van der Waals surface area contributed by atoms with E-state index >= 15 is 0 Å². The molecule has 0 aliphatic carbocycles. The Kier molecular flexibility index (Phi) is 5.09. The summed E-state index contributed by atoms with van der Waals surface area (Å²) in [6, 6.07) is 8.61. The first-order valence-electron chi connectivity index (χ1n) is 6.10. The van der Waals surface area contributed by atoms with Gasteiger partial charge < -0.3 is 5.32 Å². The first-order chi connectivity index (χ1) is 9.90. The van der Waals surface area contributed by atoms with E-state index in [0.717, 1.165) is 0 Å². The van der Waals surface area contributed by atoms with Gasteiger partial charge in [0.1, 0.15) is 5.82 Å². The van der Waals surface area contributed by atoms with Crippen LogP contribution in [0, 0.1) is 5.82 Å². The lowest BCUT2D eigenvalue weighted by Gasteiger charge is -2.16. The molecule has 2 aromatic carbocycles. The van der Waals surface area contributed by atoms with E-state index in [0.29, 0.717) is 15.6 Å². The molecule has 0 bridgehead atoms. The van der Waals surface area contributed by atoms with Gasteiger partial charge in [-0.05, 0) is 36.8 Å². The normalized spacial score (nSPS) is 12.0. The minimum Gasteiger partial charge on any atom is -0.345 e. The molecule has 21 heavy (non-hydrogen) atoms. The Morgan fingerprint density at radius 3 is 2.48 bits per heavy atom. The fourth-order valence-electron chi connectivity index (χ4n) is 1.91. The van der Waals surface area contributed by atoms with Crippen molar-refractivity contribution in [1.82, 2.24) is 5.32 Å². The van der Waals surface area contributed by atoms with Gasteiger partial charge in [0.25, 0.3) is 5.91 Å². The molecule has 0 spiro atoms. The van der Waals surface area contributed by atoms with Crippen molar-refractivity contribution in [3.05, 3.63) is 68.4 Å². The van der Waals surface area contributed by atoms with Gasteiger partial charge in [-0.25, -0.2) is 4.39 Å². The molecule has 1 atom stereocenters. The largest absolute Gasteiger partial charge is 0.345 e. The van der Waals surface area contributed by atoms with Crippen molar-refractivity contribution in [1.29, 1.82) is 0 Å². The average Bonchev–Trinajstić information content (AvgIpc) is 2.37. The number of halogens is 4. The molecule has 0 aromatic heterocycles. The fraction of sp³-hybridized carbons (Fsp3) is 0.133. The highest BCUT2D eigenvalue weighted by atomic mass is 35.5. The van der Waals surface area contributed by atoms with Gasteiger partial charge in [0.2, 0.25) is 0 Å². The molecule has 0 heterocycles. The molecular weight excluding hydrogens is 336 g/mol. The fourth-order valence-corrected chi connectivity index (χ4v) is 2.73. The van der Waals surface area contributed by atoms with Crippen molar-refractivity contribution in [3.63, 3.8) is 0 Å². The van der Waals surface area contributed by atoms with E-state index in [1.54, 1.807) is 25.1 Å². The molecule has 0 saturated heterocycles. The van der Waals surface area contributed by atoms with Crippen LogP contribution in [0.1, 0.15) is 28.9 Å². The number of nitrogens with one attached hydrogen (secondary N) is 1. The third kappa shape index (κ3) is 3.67. The summed E-state index contributed by atoms with van der Waals surface area (Å²) in [4.78, 5) is 12.1. The van der Waals surface area contributed by atoms with Gasteiger partial charge in [0.05, 0.1) is 16.6 Å². The first-order valence-corrected chi connectivity index (χ1v) is 7.23. The number of carbonyl (C=O) groups excluding carboxylic acids is 1. The summed E-state index contributed by atoms with van der Waals surface area (Å²) in [5, 5.41) is 3.65. The summed E-state index contributed by atoms with van der Waals surface area (Å²) >= 11 is 17.8. The van der Waals surface area contributed by atoms with Crippen LogP contribution < -0.4 is 5.32 Å². The average molecular weight is 347 g/mol. The molecule has 6 heteroatoms. The number of hydrogen-bond donors (Lipinski definition) is 1. The second-order valence-corrected chi connectivity index (χ2v) is 5.71. The molecule has 0 aliphatic heterocycles. The summed E-state index contributed by atoms with van der Waals surface area (Å²) in [5.74, 6) is -1.27. The topological polar surface area (TPSA) is 29.1 Å². The maximum atomic E-state index is 13.7. The second kappa shape index (κ2) is 6.65. The van der Waals surface area contributed by atoms with Gasteiger partial charge in [0.15, 0.2) is 0 Å². The van der Waals surface area contributed by atoms with Crippen LogP contribution >= 0.6 is 34.8 Å². The molecule has 0 unspecified atom stereocenters. The van der Waals surface area contributed by atoms with Crippen LogP contribution in [0.15, 0.2) is 36.4 Å². The molecular formula is C15H11Cl3FNO. The van der Waals surface area contributed by atoms with Crippen LogP contribution in [0.2, 0.25) is 15.1 Å². The summed E-state index contributed by atoms with van der Waals surface area (Å²) in [6.07, 6.45) is 0.